The van der Waals surface area contributed by atoms with Crippen molar-refractivity contribution in [1.29, 1.82) is 0 Å². The summed E-state index contributed by atoms with van der Waals surface area (Å²) >= 11 is 3.43. The summed E-state index contributed by atoms with van der Waals surface area (Å²) < 4.78 is 5.67. The van der Waals surface area contributed by atoms with Gasteiger partial charge in [0.05, 0.1) is 11.8 Å². The number of nitrogens with zero attached hydrogens (tertiary/aromatic N) is 3. The van der Waals surface area contributed by atoms with Gasteiger partial charge in [-0.2, -0.15) is 0 Å². The quantitative estimate of drug-likeness (QED) is 0.861. The van der Waals surface area contributed by atoms with E-state index in [1.165, 1.54) is 0 Å². The Morgan fingerprint density at radius 1 is 1.44 bits per heavy atom. The normalized spacial score (nSPS) is 20.9. The Balaban J connectivity index is 2.11. The molecule has 3 rings (SSSR count). The minimum atomic E-state index is -0.256. The van der Waals surface area contributed by atoms with Crippen molar-refractivity contribution in [2.24, 2.45) is 0 Å². The number of hydrogen-bond donors (Lipinski definition) is 1. The number of hydrogen-bond acceptors (Lipinski definition) is 5. The molecule has 1 N–H and O–H groups in total. The van der Waals surface area contributed by atoms with Crippen LogP contribution in [0.5, 0.6) is 0 Å². The highest BCUT2D eigenvalue weighted by Crippen LogP contribution is 2.30. The molecule has 2 heterocycles. The van der Waals surface area contributed by atoms with E-state index in [1.807, 2.05) is 12.1 Å². The van der Waals surface area contributed by atoms with Crippen molar-refractivity contribution >= 4 is 32.7 Å². The van der Waals surface area contributed by atoms with Gasteiger partial charge in [-0.1, -0.05) is 15.9 Å². The molecule has 2 aromatic rings. The standard InChI is InChI=1S/C10H10BrN3O2/c11-6-3-8-10(13-16-12-8)9(4-6)14-2-1-7(15)5-14/h3-4,7,15H,1-2,5H2. The molecule has 5 nitrogen and oxygen atoms in total. The van der Waals surface area contributed by atoms with E-state index < -0.39 is 0 Å². The average molecular weight is 284 g/mol. The van der Waals surface area contributed by atoms with Crippen molar-refractivity contribution in [2.45, 2.75) is 12.5 Å². The van der Waals surface area contributed by atoms with Gasteiger partial charge >= 0.3 is 0 Å². The fraction of sp³-hybridized carbons (Fsp3) is 0.400. The maximum atomic E-state index is 9.54. The molecule has 0 amide bonds. The molecule has 0 bridgehead atoms. The molecule has 0 aliphatic carbocycles. The molecule has 0 radical (unpaired) electrons. The summed E-state index contributed by atoms with van der Waals surface area (Å²) in [6.07, 6.45) is 0.535. The molecule has 1 saturated heterocycles. The number of aliphatic hydroxyl groups is 1. The Morgan fingerprint density at radius 2 is 2.31 bits per heavy atom. The van der Waals surface area contributed by atoms with Crippen LogP contribution in [0.3, 0.4) is 0 Å². The molecule has 1 aromatic heterocycles. The summed E-state index contributed by atoms with van der Waals surface area (Å²) in [6.45, 7) is 1.47. The topological polar surface area (TPSA) is 62.4 Å². The van der Waals surface area contributed by atoms with Gasteiger partial charge in [0.15, 0.2) is 5.52 Å². The maximum absolute atomic E-state index is 9.54. The first-order chi connectivity index (χ1) is 7.74. The zero-order valence-corrected chi connectivity index (χ0v) is 10.0. The second-order valence-corrected chi connectivity index (χ2v) is 4.86. The van der Waals surface area contributed by atoms with E-state index in [-0.39, 0.29) is 6.10 Å². The van der Waals surface area contributed by atoms with Crippen molar-refractivity contribution in [3.05, 3.63) is 16.6 Å². The molecule has 84 valence electrons. The molecule has 1 aliphatic heterocycles. The SMILES string of the molecule is OC1CCN(c2cc(Br)cc3nonc23)C1. The van der Waals surface area contributed by atoms with Crippen molar-refractivity contribution in [3.63, 3.8) is 0 Å². The van der Waals surface area contributed by atoms with Crippen LogP contribution in [0.4, 0.5) is 5.69 Å². The molecule has 0 spiro atoms. The summed E-state index contributed by atoms with van der Waals surface area (Å²) in [5.74, 6) is 0. The van der Waals surface area contributed by atoms with Crippen LogP contribution in [-0.2, 0) is 0 Å². The first-order valence-electron chi connectivity index (χ1n) is 5.09. The third-order valence-corrected chi connectivity index (χ3v) is 3.27. The average Bonchev–Trinajstić information content (AvgIpc) is 2.84. The van der Waals surface area contributed by atoms with Crippen molar-refractivity contribution in [3.8, 4) is 0 Å². The Bertz CT molecular complexity index is 528. The zero-order chi connectivity index (χ0) is 11.1. The van der Waals surface area contributed by atoms with E-state index in [0.29, 0.717) is 6.54 Å². The lowest BCUT2D eigenvalue weighted by Gasteiger charge is -2.17. The number of fused-ring (bicyclic) bond motifs is 1. The monoisotopic (exact) mass is 283 g/mol. The fourth-order valence-electron chi connectivity index (χ4n) is 2.04. The molecular formula is C10H10BrN3O2. The van der Waals surface area contributed by atoms with E-state index in [2.05, 4.69) is 31.1 Å². The zero-order valence-electron chi connectivity index (χ0n) is 8.43. The summed E-state index contributed by atoms with van der Waals surface area (Å²) in [4.78, 5) is 2.10. The van der Waals surface area contributed by atoms with Crippen LogP contribution >= 0.6 is 15.9 Å². The van der Waals surface area contributed by atoms with Crippen molar-refractivity contribution in [2.75, 3.05) is 18.0 Å². The van der Waals surface area contributed by atoms with Crippen molar-refractivity contribution in [1.82, 2.24) is 10.3 Å². The Kier molecular flexibility index (Phi) is 2.33. The lowest BCUT2D eigenvalue weighted by Crippen LogP contribution is -2.21. The summed E-state index contributed by atoms with van der Waals surface area (Å²) in [6, 6.07) is 3.84. The van der Waals surface area contributed by atoms with Crippen molar-refractivity contribution < 1.29 is 9.74 Å². The molecule has 1 fully saturated rings. The van der Waals surface area contributed by atoms with Crippen LogP contribution in [0.15, 0.2) is 21.2 Å². The maximum Gasteiger partial charge on any atom is 0.158 e. The van der Waals surface area contributed by atoms with Crippen LogP contribution < -0.4 is 4.90 Å². The summed E-state index contributed by atoms with van der Waals surface area (Å²) in [7, 11) is 0. The lowest BCUT2D eigenvalue weighted by molar-refractivity contribution is 0.198. The van der Waals surface area contributed by atoms with Gasteiger partial charge in [-0.3, -0.25) is 0 Å². The number of halogens is 1. The Hall–Kier alpha value is -1.14. The number of anilines is 1. The third kappa shape index (κ3) is 1.58. The highest BCUT2D eigenvalue weighted by Gasteiger charge is 2.23. The Morgan fingerprint density at radius 3 is 3.06 bits per heavy atom. The van der Waals surface area contributed by atoms with E-state index in [0.717, 1.165) is 34.2 Å². The smallest absolute Gasteiger partial charge is 0.158 e. The number of β-amino-alcohol motifs (C(OH)–C–C–N with tert-alkyl or cyclic N) is 1. The first-order valence-corrected chi connectivity index (χ1v) is 5.88. The minimum Gasteiger partial charge on any atom is -0.391 e. The predicted molar refractivity (Wildman–Crippen MR) is 62.3 cm³/mol. The van der Waals surface area contributed by atoms with Crippen LogP contribution in [0.2, 0.25) is 0 Å². The third-order valence-electron chi connectivity index (χ3n) is 2.81. The van der Waals surface area contributed by atoms with Crippen LogP contribution in [0.25, 0.3) is 11.0 Å². The second-order valence-electron chi connectivity index (χ2n) is 3.95. The molecule has 1 aromatic carbocycles. The van der Waals surface area contributed by atoms with Gasteiger partial charge in [0, 0.05) is 17.6 Å². The summed E-state index contributed by atoms with van der Waals surface area (Å²) in [5, 5.41) is 17.3. The van der Waals surface area contributed by atoms with E-state index in [4.69, 9.17) is 4.63 Å². The van der Waals surface area contributed by atoms with Gasteiger partial charge in [0.25, 0.3) is 0 Å². The highest BCUT2D eigenvalue weighted by molar-refractivity contribution is 9.10. The molecular weight excluding hydrogens is 274 g/mol. The van der Waals surface area contributed by atoms with E-state index in [1.54, 1.807) is 0 Å². The number of benzene rings is 1. The molecule has 0 saturated carbocycles. The molecule has 16 heavy (non-hydrogen) atoms. The molecule has 1 atom stereocenters. The second kappa shape index (κ2) is 3.71. The largest absolute Gasteiger partial charge is 0.391 e. The number of aliphatic hydroxyl groups excluding tert-OH is 1. The molecule has 6 heteroatoms. The van der Waals surface area contributed by atoms with Crippen LogP contribution in [-0.4, -0.2) is 34.6 Å². The highest BCUT2D eigenvalue weighted by atomic mass is 79.9. The first kappa shape index (κ1) is 10.0. The lowest BCUT2D eigenvalue weighted by atomic mass is 10.2. The van der Waals surface area contributed by atoms with Gasteiger partial charge in [-0.05, 0) is 28.9 Å². The molecule has 1 unspecified atom stereocenters. The van der Waals surface area contributed by atoms with E-state index in [9.17, 15) is 5.11 Å². The van der Waals surface area contributed by atoms with Gasteiger partial charge in [-0.25, -0.2) is 4.63 Å². The van der Waals surface area contributed by atoms with Gasteiger partial charge in [0.1, 0.15) is 5.52 Å². The van der Waals surface area contributed by atoms with Gasteiger partial charge in [0.2, 0.25) is 0 Å². The van der Waals surface area contributed by atoms with Gasteiger partial charge in [-0.15, -0.1) is 0 Å². The molecule has 1 aliphatic rings. The Labute approximate surface area is 100 Å². The van der Waals surface area contributed by atoms with E-state index >= 15 is 0 Å². The number of rotatable bonds is 1. The number of aromatic nitrogens is 2. The van der Waals surface area contributed by atoms with Gasteiger partial charge < -0.3 is 10.0 Å². The van der Waals surface area contributed by atoms with Crippen LogP contribution in [0, 0.1) is 0 Å². The predicted octanol–water partition coefficient (Wildman–Crippen LogP) is 1.56. The minimum absolute atomic E-state index is 0.256. The van der Waals surface area contributed by atoms with Crippen LogP contribution in [0.1, 0.15) is 6.42 Å². The summed E-state index contributed by atoms with van der Waals surface area (Å²) in [5.41, 5.74) is 2.44. The fourth-order valence-corrected chi connectivity index (χ4v) is 2.47.